The Bertz CT molecular complexity index is 1450. The van der Waals surface area contributed by atoms with Crippen molar-refractivity contribution >= 4 is 15.6 Å². The fourth-order valence-corrected chi connectivity index (χ4v) is 15.4. The number of aliphatic hydroxyl groups excluding tert-OH is 1. The van der Waals surface area contributed by atoms with Crippen LogP contribution in [0.5, 0.6) is 0 Å². The molecule has 6 aliphatic rings. The third-order valence-corrected chi connectivity index (χ3v) is 18.7. The van der Waals surface area contributed by atoms with E-state index in [-0.39, 0.29) is 34.2 Å². The molecule has 284 valence electrons. The van der Waals surface area contributed by atoms with Crippen LogP contribution in [0.1, 0.15) is 132 Å². The van der Waals surface area contributed by atoms with Crippen molar-refractivity contribution in [3.05, 3.63) is 23.8 Å². The Labute approximate surface area is 306 Å². The second-order valence-electron chi connectivity index (χ2n) is 20.5. The summed E-state index contributed by atoms with van der Waals surface area (Å²) in [6, 6.07) is 0. The first-order chi connectivity index (χ1) is 23.2. The second kappa shape index (κ2) is 13.4. The largest absolute Gasteiger partial charge is 0.389 e. The lowest BCUT2D eigenvalue weighted by molar-refractivity contribution is -0.221. The summed E-state index contributed by atoms with van der Waals surface area (Å²) < 4.78 is 24.1. The topological polar surface area (TPSA) is 86.7 Å². The van der Waals surface area contributed by atoms with Crippen LogP contribution in [-0.4, -0.2) is 74.0 Å². The molecule has 5 aliphatic carbocycles. The highest BCUT2D eigenvalue weighted by Crippen LogP contribution is 2.76. The van der Waals surface area contributed by atoms with Gasteiger partial charge < -0.3 is 15.3 Å². The molecule has 0 aromatic heterocycles. The molecule has 2 N–H and O–H groups in total. The molecular weight excluding hydrogens is 641 g/mol. The van der Waals surface area contributed by atoms with E-state index in [0.717, 1.165) is 25.9 Å². The van der Waals surface area contributed by atoms with Gasteiger partial charge in [0, 0.05) is 38.1 Å². The van der Waals surface area contributed by atoms with Crippen molar-refractivity contribution < 1.29 is 18.3 Å². The zero-order chi connectivity index (χ0) is 36.5. The van der Waals surface area contributed by atoms with Gasteiger partial charge in [0.1, 0.15) is 6.61 Å². The molecule has 5 fully saturated rings. The number of aliphatic hydroxyl groups is 1. The van der Waals surface area contributed by atoms with Gasteiger partial charge in [0.25, 0.3) is 0 Å². The first-order valence-corrected chi connectivity index (χ1v) is 22.2. The Kier molecular flexibility index (Phi) is 10.4. The molecule has 0 aromatic carbocycles. The monoisotopic (exact) mass is 713 g/mol. The van der Waals surface area contributed by atoms with Crippen LogP contribution in [0.3, 0.4) is 0 Å². The van der Waals surface area contributed by atoms with Crippen LogP contribution in [0.25, 0.3) is 0 Å². The smallest absolute Gasteiger partial charge is 0.158 e. The number of carbonyl (C=O) groups excluding carboxylic acids is 1. The summed E-state index contributed by atoms with van der Waals surface area (Å²) >= 11 is 0. The van der Waals surface area contributed by atoms with Gasteiger partial charge in [-0.1, -0.05) is 72.3 Å². The van der Waals surface area contributed by atoms with E-state index in [0.29, 0.717) is 71.4 Å². The summed E-state index contributed by atoms with van der Waals surface area (Å²) in [7, 11) is -2.86. The van der Waals surface area contributed by atoms with Crippen LogP contribution in [0, 0.1) is 56.7 Å². The number of ketones is 1. The minimum atomic E-state index is -2.86. The molecule has 0 radical (unpaired) electrons. The van der Waals surface area contributed by atoms with Gasteiger partial charge in [0.2, 0.25) is 0 Å². The third-order valence-electron chi connectivity index (χ3n) is 17.1. The Hall–Kier alpha value is -1.02. The summed E-state index contributed by atoms with van der Waals surface area (Å²) in [6.45, 7) is 27.3. The van der Waals surface area contributed by atoms with Gasteiger partial charge in [-0.15, -0.1) is 0 Å². The quantitative estimate of drug-likeness (QED) is 0.211. The molecule has 9 atom stereocenters. The molecule has 6 nitrogen and oxygen atoms in total. The van der Waals surface area contributed by atoms with Gasteiger partial charge in [-0.05, 0) is 134 Å². The summed E-state index contributed by atoms with van der Waals surface area (Å²) in [6.07, 6.45) is 16.6. The van der Waals surface area contributed by atoms with Crippen molar-refractivity contribution in [3.63, 3.8) is 0 Å². The number of hydrogen-bond donors (Lipinski definition) is 2. The lowest BCUT2D eigenvalue weighted by atomic mass is 9.33. The minimum absolute atomic E-state index is 0.0463. The summed E-state index contributed by atoms with van der Waals surface area (Å²) in [5.41, 5.74) is 4.09. The van der Waals surface area contributed by atoms with Gasteiger partial charge in [-0.25, -0.2) is 8.42 Å². The number of allylic oxidation sites excluding steroid dienone is 3. The molecule has 0 aromatic rings. The lowest BCUT2D eigenvalue weighted by Gasteiger charge is -2.72. The van der Waals surface area contributed by atoms with Crippen molar-refractivity contribution in [2.45, 2.75) is 138 Å². The molecule has 7 heteroatoms. The summed E-state index contributed by atoms with van der Waals surface area (Å²) in [5.74, 6) is 3.84. The van der Waals surface area contributed by atoms with Crippen molar-refractivity contribution in [1.29, 1.82) is 0 Å². The Morgan fingerprint density at radius 3 is 2.34 bits per heavy atom. The highest BCUT2D eigenvalue weighted by atomic mass is 32.2. The molecule has 1 saturated heterocycles. The molecule has 1 heterocycles. The molecule has 0 amide bonds. The van der Waals surface area contributed by atoms with Gasteiger partial charge in [-0.2, -0.15) is 0 Å². The highest BCUT2D eigenvalue weighted by Gasteiger charge is 2.70. The number of carbonyl (C=O) groups is 1. The SMILES string of the molecule is C=C(C)[C@@H]1CC[C@]2(NCCN3CCS(=O)(=O)CC3)CC[C@]3(C)[C@H](CC[C@@H]4[C@@]5(C)CC=C(CCC(C)(C)CC(=O)CO)C(C)(C)[C@@H]5CC[C@]43C)[C@@H]12. The van der Waals surface area contributed by atoms with Gasteiger partial charge in [-0.3, -0.25) is 4.79 Å². The van der Waals surface area contributed by atoms with Crippen molar-refractivity contribution in [2.24, 2.45) is 56.7 Å². The predicted molar refractivity (Wildman–Crippen MR) is 206 cm³/mol. The number of Topliss-reactive ketones (excluding diaryl/α,β-unsaturated/α-hetero) is 1. The zero-order valence-electron chi connectivity index (χ0n) is 33.1. The average molecular weight is 713 g/mol. The fraction of sp³-hybridized carbons (Fsp3) is 0.884. The van der Waals surface area contributed by atoms with Crippen LogP contribution in [0.4, 0.5) is 0 Å². The van der Waals surface area contributed by atoms with E-state index >= 15 is 0 Å². The van der Waals surface area contributed by atoms with Crippen molar-refractivity contribution in [2.75, 3.05) is 44.3 Å². The van der Waals surface area contributed by atoms with Crippen LogP contribution < -0.4 is 5.32 Å². The van der Waals surface area contributed by atoms with E-state index in [4.69, 9.17) is 0 Å². The maximum absolute atomic E-state index is 12.1. The van der Waals surface area contributed by atoms with E-state index in [1.54, 1.807) is 5.57 Å². The highest BCUT2D eigenvalue weighted by molar-refractivity contribution is 7.91. The van der Waals surface area contributed by atoms with E-state index in [2.05, 4.69) is 78.3 Å². The summed E-state index contributed by atoms with van der Waals surface area (Å²) in [5, 5.41) is 13.6. The molecule has 0 spiro atoms. The van der Waals surface area contributed by atoms with E-state index < -0.39 is 9.84 Å². The molecule has 50 heavy (non-hydrogen) atoms. The van der Waals surface area contributed by atoms with Gasteiger partial charge >= 0.3 is 0 Å². The maximum Gasteiger partial charge on any atom is 0.158 e. The normalized spacial score (nSPS) is 42.4. The molecule has 1 aliphatic heterocycles. The first kappa shape index (κ1) is 38.7. The van der Waals surface area contributed by atoms with Crippen LogP contribution in [-0.2, 0) is 14.6 Å². The maximum atomic E-state index is 12.1. The average Bonchev–Trinajstić information content (AvgIpc) is 3.41. The van der Waals surface area contributed by atoms with Gasteiger partial charge in [0.05, 0.1) is 11.5 Å². The first-order valence-electron chi connectivity index (χ1n) is 20.4. The number of nitrogens with zero attached hydrogens (tertiary/aromatic N) is 1. The van der Waals surface area contributed by atoms with Crippen LogP contribution >= 0.6 is 0 Å². The minimum Gasteiger partial charge on any atom is -0.389 e. The van der Waals surface area contributed by atoms with E-state index in [1.165, 1.54) is 63.4 Å². The molecular formula is C43H72N2O4S. The van der Waals surface area contributed by atoms with Crippen molar-refractivity contribution in [1.82, 2.24) is 10.2 Å². The van der Waals surface area contributed by atoms with E-state index in [1.807, 2.05) is 0 Å². The number of rotatable bonds is 11. The number of sulfone groups is 1. The van der Waals surface area contributed by atoms with Gasteiger partial charge in [0.15, 0.2) is 15.6 Å². The van der Waals surface area contributed by atoms with E-state index in [9.17, 15) is 18.3 Å². The Morgan fingerprint density at radius 2 is 1.68 bits per heavy atom. The Morgan fingerprint density at radius 1 is 0.980 bits per heavy atom. The lowest BCUT2D eigenvalue weighted by Crippen LogP contribution is -2.68. The molecule has 0 unspecified atom stereocenters. The number of nitrogens with one attached hydrogen (secondary N) is 1. The number of hydrogen-bond acceptors (Lipinski definition) is 6. The second-order valence-corrected chi connectivity index (χ2v) is 22.8. The third kappa shape index (κ3) is 6.46. The fourth-order valence-electron chi connectivity index (χ4n) is 14.1. The van der Waals surface area contributed by atoms with Crippen LogP contribution in [0.15, 0.2) is 23.8 Å². The number of fused-ring (bicyclic) bond motifs is 7. The van der Waals surface area contributed by atoms with Crippen LogP contribution in [0.2, 0.25) is 0 Å². The zero-order valence-corrected chi connectivity index (χ0v) is 34.0. The van der Waals surface area contributed by atoms with Crippen molar-refractivity contribution in [3.8, 4) is 0 Å². The Balaban J connectivity index is 1.21. The molecule has 6 rings (SSSR count). The molecule has 4 saturated carbocycles. The summed E-state index contributed by atoms with van der Waals surface area (Å²) in [4.78, 5) is 14.4. The molecule has 0 bridgehead atoms. The standard InChI is InChI=1S/C43H72N2O4S/c1-30(2)33-14-19-43(44-22-23-45-24-26-50(48,49)27-25-45)21-20-41(8)34(37(33)43)10-11-36-40(7)17-13-31(12-16-38(3,4)28-32(47)29-46)39(5,6)35(40)15-18-42(36,41)9/h13,33-37,44,46H,1,10-12,14-29H2,2-9H3/t33-,34+,35-,36+,37+,40-,41+,42+,43-/m0/s1. The predicted octanol–water partition coefficient (Wildman–Crippen LogP) is 8.01.